The Labute approximate surface area is 125 Å². The average Bonchev–Trinajstić information content (AvgIpc) is 2.46. The molecule has 0 fully saturated rings. The Hall–Kier alpha value is -1.92. The minimum absolute atomic E-state index is 0.0358. The lowest BCUT2D eigenvalue weighted by atomic mass is 10.1. The number of sulfonamides is 1. The van der Waals surface area contributed by atoms with E-state index in [2.05, 4.69) is 9.71 Å². The molecule has 0 saturated carbocycles. The van der Waals surface area contributed by atoms with Crippen molar-refractivity contribution in [3.8, 4) is 0 Å². The van der Waals surface area contributed by atoms with Crippen LogP contribution in [-0.2, 0) is 16.4 Å². The first-order chi connectivity index (χ1) is 9.98. The second kappa shape index (κ2) is 6.69. The lowest BCUT2D eigenvalue weighted by molar-refractivity contribution is 0.566. The van der Waals surface area contributed by atoms with Gasteiger partial charge >= 0.3 is 0 Å². The zero-order valence-electron chi connectivity index (χ0n) is 11.9. The van der Waals surface area contributed by atoms with Crippen LogP contribution in [0.15, 0.2) is 48.8 Å². The van der Waals surface area contributed by atoms with Crippen molar-refractivity contribution in [2.75, 3.05) is 11.5 Å². The standard InChI is InChI=1S/C15H19N3O2S/c1-12(14-4-2-3-5-15(14)16)18-21(19,20)11-8-13-6-9-17-10-7-13/h2-7,9-10,12,18H,8,11,16H2,1H3. The van der Waals surface area contributed by atoms with Crippen molar-refractivity contribution in [1.82, 2.24) is 9.71 Å². The molecule has 1 aromatic carbocycles. The van der Waals surface area contributed by atoms with E-state index in [1.807, 2.05) is 30.3 Å². The maximum Gasteiger partial charge on any atom is 0.212 e. The van der Waals surface area contributed by atoms with Gasteiger partial charge in [-0.2, -0.15) is 0 Å². The first-order valence-electron chi connectivity index (χ1n) is 6.71. The predicted octanol–water partition coefficient (Wildman–Crippen LogP) is 1.89. The normalized spacial score (nSPS) is 13.0. The molecule has 0 spiro atoms. The molecule has 0 amide bonds. The maximum atomic E-state index is 12.1. The molecule has 3 N–H and O–H groups in total. The van der Waals surface area contributed by atoms with E-state index in [1.54, 1.807) is 25.4 Å². The molecule has 112 valence electrons. The summed E-state index contributed by atoms with van der Waals surface area (Å²) in [5, 5.41) is 0. The predicted molar refractivity (Wildman–Crippen MR) is 84.1 cm³/mol. The van der Waals surface area contributed by atoms with Gasteiger partial charge in [0.25, 0.3) is 0 Å². The van der Waals surface area contributed by atoms with Gasteiger partial charge in [-0.25, -0.2) is 13.1 Å². The second-order valence-corrected chi connectivity index (χ2v) is 6.77. The van der Waals surface area contributed by atoms with Crippen LogP contribution in [0.5, 0.6) is 0 Å². The Balaban J connectivity index is 1.99. The van der Waals surface area contributed by atoms with Crippen molar-refractivity contribution in [2.24, 2.45) is 0 Å². The van der Waals surface area contributed by atoms with Crippen LogP contribution in [0.3, 0.4) is 0 Å². The minimum atomic E-state index is -3.37. The monoisotopic (exact) mass is 305 g/mol. The highest BCUT2D eigenvalue weighted by molar-refractivity contribution is 7.89. The number of nitrogens with one attached hydrogen (secondary N) is 1. The van der Waals surface area contributed by atoms with Gasteiger partial charge in [-0.1, -0.05) is 18.2 Å². The van der Waals surface area contributed by atoms with Crippen LogP contribution in [0.25, 0.3) is 0 Å². The number of aryl methyl sites for hydroxylation is 1. The molecular weight excluding hydrogens is 286 g/mol. The lowest BCUT2D eigenvalue weighted by Crippen LogP contribution is -2.30. The van der Waals surface area contributed by atoms with Crippen molar-refractivity contribution >= 4 is 15.7 Å². The van der Waals surface area contributed by atoms with Crippen LogP contribution >= 0.6 is 0 Å². The molecule has 0 aliphatic rings. The number of nitrogens with two attached hydrogens (primary N) is 1. The van der Waals surface area contributed by atoms with Crippen molar-refractivity contribution in [3.63, 3.8) is 0 Å². The lowest BCUT2D eigenvalue weighted by Gasteiger charge is -2.16. The van der Waals surface area contributed by atoms with E-state index < -0.39 is 10.0 Å². The third-order valence-electron chi connectivity index (χ3n) is 3.23. The number of anilines is 1. The molecule has 0 aliphatic carbocycles. The van der Waals surface area contributed by atoms with Gasteiger partial charge in [-0.05, 0) is 42.7 Å². The summed E-state index contributed by atoms with van der Waals surface area (Å²) in [6.45, 7) is 1.79. The quantitative estimate of drug-likeness (QED) is 0.798. The van der Waals surface area contributed by atoms with Gasteiger partial charge in [0.15, 0.2) is 0 Å². The zero-order valence-corrected chi connectivity index (χ0v) is 12.7. The van der Waals surface area contributed by atoms with Crippen molar-refractivity contribution in [3.05, 3.63) is 59.9 Å². The van der Waals surface area contributed by atoms with Gasteiger partial charge in [0.1, 0.15) is 0 Å². The van der Waals surface area contributed by atoms with Crippen LogP contribution in [-0.4, -0.2) is 19.2 Å². The molecule has 0 aliphatic heterocycles. The summed E-state index contributed by atoms with van der Waals surface area (Å²) >= 11 is 0. The fourth-order valence-electron chi connectivity index (χ4n) is 2.10. The molecule has 21 heavy (non-hydrogen) atoms. The number of para-hydroxylation sites is 1. The largest absolute Gasteiger partial charge is 0.398 e. The topological polar surface area (TPSA) is 85.1 Å². The molecule has 1 heterocycles. The summed E-state index contributed by atoms with van der Waals surface area (Å²) in [5.74, 6) is 0.0358. The zero-order chi connectivity index (χ0) is 15.3. The highest BCUT2D eigenvalue weighted by Crippen LogP contribution is 2.20. The number of rotatable bonds is 6. The number of aromatic nitrogens is 1. The Morgan fingerprint density at radius 2 is 1.86 bits per heavy atom. The highest BCUT2D eigenvalue weighted by Gasteiger charge is 2.17. The average molecular weight is 305 g/mol. The number of hydrogen-bond acceptors (Lipinski definition) is 4. The SMILES string of the molecule is CC(NS(=O)(=O)CCc1ccncc1)c1ccccc1N. The van der Waals surface area contributed by atoms with Crippen molar-refractivity contribution in [1.29, 1.82) is 0 Å². The number of benzene rings is 1. The fourth-order valence-corrected chi connectivity index (χ4v) is 3.39. The van der Waals surface area contributed by atoms with Gasteiger partial charge in [0, 0.05) is 24.1 Å². The van der Waals surface area contributed by atoms with Crippen LogP contribution < -0.4 is 10.5 Å². The molecule has 2 aromatic rings. The van der Waals surface area contributed by atoms with E-state index in [4.69, 9.17) is 5.73 Å². The Kier molecular flexibility index (Phi) is 4.93. The first kappa shape index (κ1) is 15.5. The summed E-state index contributed by atoms with van der Waals surface area (Å²) in [5.41, 5.74) is 8.18. The van der Waals surface area contributed by atoms with Crippen molar-refractivity contribution < 1.29 is 8.42 Å². The van der Waals surface area contributed by atoms with Gasteiger partial charge in [-0.15, -0.1) is 0 Å². The van der Waals surface area contributed by atoms with E-state index >= 15 is 0 Å². The molecular formula is C15H19N3O2S. The van der Waals surface area contributed by atoms with E-state index in [9.17, 15) is 8.42 Å². The van der Waals surface area contributed by atoms with Gasteiger partial charge in [0.05, 0.1) is 5.75 Å². The summed E-state index contributed by atoms with van der Waals surface area (Å²) in [7, 11) is -3.37. The third-order valence-corrected chi connectivity index (χ3v) is 4.68. The maximum absolute atomic E-state index is 12.1. The van der Waals surface area contributed by atoms with Crippen LogP contribution in [0.2, 0.25) is 0 Å². The second-order valence-electron chi connectivity index (χ2n) is 4.89. The number of hydrogen-bond donors (Lipinski definition) is 2. The van der Waals surface area contributed by atoms with Crippen molar-refractivity contribution in [2.45, 2.75) is 19.4 Å². The summed E-state index contributed by atoms with van der Waals surface area (Å²) in [6.07, 6.45) is 3.76. The minimum Gasteiger partial charge on any atom is -0.398 e. The molecule has 1 atom stereocenters. The van der Waals surface area contributed by atoms with Crippen LogP contribution in [0, 0.1) is 0 Å². The van der Waals surface area contributed by atoms with Crippen LogP contribution in [0.4, 0.5) is 5.69 Å². The smallest absolute Gasteiger partial charge is 0.212 e. The number of pyridine rings is 1. The van der Waals surface area contributed by atoms with Gasteiger partial charge < -0.3 is 5.73 Å². The Bertz CT molecular complexity index is 687. The number of nitrogen functional groups attached to an aromatic ring is 1. The summed E-state index contributed by atoms with van der Waals surface area (Å²) in [4.78, 5) is 3.91. The molecule has 6 heteroatoms. The summed E-state index contributed by atoms with van der Waals surface area (Å²) in [6, 6.07) is 10.5. The number of nitrogens with zero attached hydrogens (tertiary/aromatic N) is 1. The van der Waals surface area contributed by atoms with Gasteiger partial charge in [0.2, 0.25) is 10.0 Å². The molecule has 5 nitrogen and oxygen atoms in total. The molecule has 0 bridgehead atoms. The van der Waals surface area contributed by atoms with E-state index in [0.29, 0.717) is 12.1 Å². The van der Waals surface area contributed by atoms with E-state index in [-0.39, 0.29) is 11.8 Å². The molecule has 0 saturated heterocycles. The molecule has 1 unspecified atom stereocenters. The Morgan fingerprint density at radius 3 is 2.52 bits per heavy atom. The van der Waals surface area contributed by atoms with Gasteiger partial charge in [-0.3, -0.25) is 4.98 Å². The Morgan fingerprint density at radius 1 is 1.19 bits per heavy atom. The molecule has 1 aromatic heterocycles. The first-order valence-corrected chi connectivity index (χ1v) is 8.36. The highest BCUT2D eigenvalue weighted by atomic mass is 32.2. The van der Waals surface area contributed by atoms with E-state index in [0.717, 1.165) is 11.1 Å². The summed E-state index contributed by atoms with van der Waals surface area (Å²) < 4.78 is 26.9. The van der Waals surface area contributed by atoms with E-state index in [1.165, 1.54) is 0 Å². The molecule has 2 rings (SSSR count). The molecule has 0 radical (unpaired) electrons. The van der Waals surface area contributed by atoms with Crippen LogP contribution in [0.1, 0.15) is 24.1 Å². The third kappa shape index (κ3) is 4.54. The fraction of sp³-hybridized carbons (Fsp3) is 0.267.